The van der Waals surface area contributed by atoms with Gasteiger partial charge in [0.25, 0.3) is 11.8 Å². The predicted molar refractivity (Wildman–Crippen MR) is 162 cm³/mol. The van der Waals surface area contributed by atoms with Gasteiger partial charge in [0.05, 0.1) is 33.9 Å². The first-order valence-corrected chi connectivity index (χ1v) is 14.3. The number of carbonyl (C=O) groups excluding carboxylic acids is 2. The first-order chi connectivity index (χ1) is 21.6. The minimum atomic E-state index is -0.911. The van der Waals surface area contributed by atoms with Gasteiger partial charge in [-0.15, -0.1) is 0 Å². The number of hydrogen-bond donors (Lipinski definition) is 2. The highest BCUT2D eigenvalue weighted by Gasteiger charge is 2.47. The number of furan rings is 1. The summed E-state index contributed by atoms with van der Waals surface area (Å²) in [6.45, 7) is 1.48. The third-order valence-corrected chi connectivity index (χ3v) is 8.37. The van der Waals surface area contributed by atoms with Crippen LogP contribution in [0.2, 0.25) is 0 Å². The molecule has 7 rings (SSSR count). The van der Waals surface area contributed by atoms with E-state index in [0.717, 1.165) is 11.5 Å². The normalized spacial score (nSPS) is 13.7. The highest BCUT2D eigenvalue weighted by Crippen LogP contribution is 2.45. The minimum Gasteiger partial charge on any atom is -0.460 e. The van der Waals surface area contributed by atoms with Crippen LogP contribution in [0.5, 0.6) is 0 Å². The Morgan fingerprint density at radius 3 is 2.49 bits per heavy atom. The maximum atomic E-state index is 16.3. The van der Waals surface area contributed by atoms with Gasteiger partial charge in [-0.05, 0) is 85.0 Å². The molecule has 10 heteroatoms. The Bertz CT molecular complexity index is 2170. The molecule has 0 aliphatic heterocycles. The molecule has 224 valence electrons. The fourth-order valence-electron chi connectivity index (χ4n) is 5.76. The van der Waals surface area contributed by atoms with Gasteiger partial charge < -0.3 is 15.5 Å². The van der Waals surface area contributed by atoms with Crippen molar-refractivity contribution in [2.45, 2.75) is 31.7 Å². The molecule has 1 aliphatic rings. The van der Waals surface area contributed by atoms with Crippen LogP contribution in [0.25, 0.3) is 33.0 Å². The van der Waals surface area contributed by atoms with E-state index >= 15 is 8.78 Å². The molecular formula is C35H25F3N4O3. The summed E-state index contributed by atoms with van der Waals surface area (Å²) >= 11 is 0. The summed E-state index contributed by atoms with van der Waals surface area (Å²) in [5.74, 6) is -3.30. The van der Waals surface area contributed by atoms with Crippen molar-refractivity contribution >= 4 is 33.7 Å². The second-order valence-corrected chi connectivity index (χ2v) is 11.3. The lowest BCUT2D eigenvalue weighted by Gasteiger charge is -2.18. The van der Waals surface area contributed by atoms with E-state index in [1.54, 1.807) is 12.4 Å². The molecule has 0 atom stereocenters. The zero-order chi connectivity index (χ0) is 31.5. The van der Waals surface area contributed by atoms with Gasteiger partial charge in [-0.25, -0.2) is 18.2 Å². The average molecular weight is 607 g/mol. The largest absolute Gasteiger partial charge is 0.460 e. The highest BCUT2D eigenvalue weighted by atomic mass is 19.1. The zero-order valence-corrected chi connectivity index (χ0v) is 24.0. The number of pyridine rings is 2. The number of halogens is 3. The van der Waals surface area contributed by atoms with E-state index in [0.29, 0.717) is 29.6 Å². The molecule has 3 heterocycles. The number of benzene rings is 3. The number of rotatable bonds is 7. The quantitative estimate of drug-likeness (QED) is 0.206. The predicted octanol–water partition coefficient (Wildman–Crippen LogP) is 6.88. The number of hydrogen-bond acceptors (Lipinski definition) is 5. The van der Waals surface area contributed by atoms with Gasteiger partial charge in [-0.3, -0.25) is 14.6 Å². The van der Waals surface area contributed by atoms with Crippen LogP contribution in [0.4, 0.5) is 13.2 Å². The second kappa shape index (κ2) is 10.6. The van der Waals surface area contributed by atoms with Gasteiger partial charge >= 0.3 is 0 Å². The first kappa shape index (κ1) is 28.3. The van der Waals surface area contributed by atoms with Crippen molar-refractivity contribution in [1.82, 2.24) is 15.3 Å². The SMILES string of the molecule is Cc1c(F)cc(C(=O)NC2(c3ccc4ccncc4n3)CC2)cc1-c1ccc2oc(Cc3ccc(F)cc3)c(C(N)=O)c2c1F. The maximum Gasteiger partial charge on any atom is 0.253 e. The summed E-state index contributed by atoms with van der Waals surface area (Å²) in [4.78, 5) is 34.9. The third-order valence-electron chi connectivity index (χ3n) is 8.37. The Hall–Kier alpha value is -5.51. The number of aromatic nitrogens is 2. The zero-order valence-electron chi connectivity index (χ0n) is 24.0. The van der Waals surface area contributed by atoms with E-state index in [4.69, 9.17) is 10.2 Å². The van der Waals surface area contributed by atoms with Crippen molar-refractivity contribution in [1.29, 1.82) is 0 Å². The van der Waals surface area contributed by atoms with E-state index in [1.807, 2.05) is 18.2 Å². The van der Waals surface area contributed by atoms with Crippen LogP contribution >= 0.6 is 0 Å². The molecule has 2 amide bonds. The van der Waals surface area contributed by atoms with E-state index in [1.165, 1.54) is 49.4 Å². The van der Waals surface area contributed by atoms with E-state index < -0.39 is 34.8 Å². The molecule has 1 fully saturated rings. The smallest absolute Gasteiger partial charge is 0.253 e. The molecule has 3 aromatic carbocycles. The molecule has 0 spiro atoms. The Balaban J connectivity index is 1.25. The highest BCUT2D eigenvalue weighted by molar-refractivity contribution is 6.08. The number of fused-ring (bicyclic) bond motifs is 2. The van der Waals surface area contributed by atoms with E-state index in [9.17, 15) is 14.0 Å². The second-order valence-electron chi connectivity index (χ2n) is 11.3. The average Bonchev–Trinajstić information content (AvgIpc) is 3.71. The number of primary amides is 1. The van der Waals surface area contributed by atoms with Crippen molar-refractivity contribution in [3.8, 4) is 11.1 Å². The number of nitrogens with one attached hydrogen (secondary N) is 1. The molecule has 0 bridgehead atoms. The lowest BCUT2D eigenvalue weighted by Crippen LogP contribution is -2.35. The number of carbonyl (C=O) groups is 2. The maximum absolute atomic E-state index is 16.3. The number of nitrogens with zero attached hydrogens (tertiary/aromatic N) is 2. The van der Waals surface area contributed by atoms with Gasteiger partial charge in [-0.2, -0.15) is 0 Å². The summed E-state index contributed by atoms with van der Waals surface area (Å²) < 4.78 is 50.9. The van der Waals surface area contributed by atoms with E-state index in [-0.39, 0.29) is 51.0 Å². The molecule has 45 heavy (non-hydrogen) atoms. The third kappa shape index (κ3) is 4.98. The Kier molecular flexibility index (Phi) is 6.65. The fraction of sp³-hybridized carbons (Fsp3) is 0.143. The van der Waals surface area contributed by atoms with Gasteiger partial charge in [0.15, 0.2) is 0 Å². The van der Waals surface area contributed by atoms with Crippen LogP contribution in [-0.2, 0) is 12.0 Å². The molecule has 1 aliphatic carbocycles. The molecule has 3 aromatic heterocycles. The summed E-state index contributed by atoms with van der Waals surface area (Å²) in [5.41, 5.74) is 7.10. The molecule has 6 aromatic rings. The van der Waals surface area contributed by atoms with Crippen LogP contribution in [0.3, 0.4) is 0 Å². The first-order valence-electron chi connectivity index (χ1n) is 14.3. The van der Waals surface area contributed by atoms with Crippen molar-refractivity contribution in [3.63, 3.8) is 0 Å². The molecule has 0 radical (unpaired) electrons. The standard InChI is InChI=1S/C35H25F3N4O3/c1-18-24(23-7-8-27-30(32(23)38)31(33(39)43)28(45-27)14-19-2-5-22(36)6-3-19)15-21(16-25(18)37)34(44)42-35(11-12-35)29-9-4-20-10-13-40-17-26(20)41-29/h2-10,13,15-17H,11-12,14H2,1H3,(H2,39,43)(H,42,44). The van der Waals surface area contributed by atoms with Crippen LogP contribution in [-0.4, -0.2) is 21.8 Å². The van der Waals surface area contributed by atoms with Gasteiger partial charge in [0.2, 0.25) is 0 Å². The molecule has 0 saturated heterocycles. The topological polar surface area (TPSA) is 111 Å². The van der Waals surface area contributed by atoms with Crippen LogP contribution in [0.1, 0.15) is 56.1 Å². The van der Waals surface area contributed by atoms with Gasteiger partial charge in [0.1, 0.15) is 28.8 Å². The van der Waals surface area contributed by atoms with E-state index in [2.05, 4.69) is 15.3 Å². The van der Waals surface area contributed by atoms with Gasteiger partial charge in [0, 0.05) is 29.1 Å². The molecule has 3 N–H and O–H groups in total. The molecule has 0 unspecified atom stereocenters. The summed E-state index contributed by atoms with van der Waals surface area (Å²) in [6, 6.07) is 16.6. The minimum absolute atomic E-state index is 0.000597. The van der Waals surface area contributed by atoms with Gasteiger partial charge in [-0.1, -0.05) is 18.2 Å². The Morgan fingerprint density at radius 2 is 1.76 bits per heavy atom. The lowest BCUT2D eigenvalue weighted by molar-refractivity contribution is 0.0928. The Morgan fingerprint density at radius 1 is 0.978 bits per heavy atom. The molecule has 1 saturated carbocycles. The summed E-state index contributed by atoms with van der Waals surface area (Å²) in [6.07, 6.45) is 4.70. The number of nitrogens with two attached hydrogens (primary N) is 1. The fourth-order valence-corrected chi connectivity index (χ4v) is 5.76. The molecular weight excluding hydrogens is 581 g/mol. The van der Waals surface area contributed by atoms with Crippen molar-refractivity contribution in [3.05, 3.63) is 130 Å². The van der Waals surface area contributed by atoms with Crippen LogP contribution < -0.4 is 11.1 Å². The molecule has 7 nitrogen and oxygen atoms in total. The monoisotopic (exact) mass is 606 g/mol. The summed E-state index contributed by atoms with van der Waals surface area (Å²) in [7, 11) is 0. The lowest BCUT2D eigenvalue weighted by atomic mass is 9.94. The van der Waals surface area contributed by atoms with Crippen molar-refractivity contribution in [2.24, 2.45) is 5.73 Å². The summed E-state index contributed by atoms with van der Waals surface area (Å²) in [5, 5.41) is 3.77. The van der Waals surface area contributed by atoms with Crippen molar-refractivity contribution in [2.75, 3.05) is 0 Å². The van der Waals surface area contributed by atoms with Crippen LogP contribution in [0, 0.1) is 24.4 Å². The van der Waals surface area contributed by atoms with Crippen LogP contribution in [0.15, 0.2) is 83.5 Å². The number of amides is 2. The van der Waals surface area contributed by atoms with Crippen molar-refractivity contribution < 1.29 is 27.2 Å². The Labute approximate surface area is 254 Å².